The van der Waals surface area contributed by atoms with Crippen molar-refractivity contribution < 1.29 is 28.2 Å². The van der Waals surface area contributed by atoms with Gasteiger partial charge < -0.3 is 19.5 Å². The fourth-order valence-electron chi connectivity index (χ4n) is 3.29. The van der Waals surface area contributed by atoms with Crippen LogP contribution in [0.2, 0.25) is 0 Å². The summed E-state index contributed by atoms with van der Waals surface area (Å²) in [5.74, 6) is -0.482. The number of thiazole rings is 1. The Balaban J connectivity index is 1.70. The molecule has 0 spiro atoms. The number of esters is 1. The minimum Gasteiger partial charge on any atom is -0.486 e. The number of halogens is 1. The smallest absolute Gasteiger partial charge is 0.333 e. The Kier molecular flexibility index (Phi) is 7.07. The molecule has 1 aliphatic rings. The minimum absolute atomic E-state index is 0.168. The van der Waals surface area contributed by atoms with Crippen molar-refractivity contribution >= 4 is 41.1 Å². The van der Waals surface area contributed by atoms with Gasteiger partial charge >= 0.3 is 5.97 Å². The zero-order valence-electron chi connectivity index (χ0n) is 18.2. The van der Waals surface area contributed by atoms with Gasteiger partial charge in [0.2, 0.25) is 5.91 Å². The molecule has 3 aromatic rings. The first-order valence-corrected chi connectivity index (χ1v) is 11.3. The molecule has 1 N–H and O–H groups in total. The van der Waals surface area contributed by atoms with Crippen LogP contribution < -0.4 is 29.5 Å². The first-order valence-electron chi connectivity index (χ1n) is 10.5. The van der Waals surface area contributed by atoms with Crippen molar-refractivity contribution in [1.82, 2.24) is 4.57 Å². The van der Waals surface area contributed by atoms with Gasteiger partial charge in [-0.1, -0.05) is 12.1 Å². The molecule has 2 heterocycles. The maximum Gasteiger partial charge on any atom is 0.333 e. The van der Waals surface area contributed by atoms with Crippen LogP contribution in [0.15, 0.2) is 47.3 Å². The van der Waals surface area contributed by atoms with Gasteiger partial charge in [0.1, 0.15) is 30.2 Å². The topological polar surface area (TPSA) is 95.9 Å². The number of anilines is 1. The van der Waals surface area contributed by atoms with Crippen molar-refractivity contribution in [2.45, 2.75) is 13.5 Å². The molecule has 0 fully saturated rings. The number of hydrogen-bond acceptors (Lipinski definition) is 7. The first-order chi connectivity index (χ1) is 16.4. The lowest BCUT2D eigenvalue weighted by atomic mass is 10.2. The molecule has 10 heteroatoms. The van der Waals surface area contributed by atoms with Crippen molar-refractivity contribution in [1.29, 1.82) is 0 Å². The van der Waals surface area contributed by atoms with Gasteiger partial charge in [-0.15, -0.1) is 11.3 Å². The van der Waals surface area contributed by atoms with E-state index in [1.165, 1.54) is 34.9 Å². The molecule has 8 nitrogen and oxygen atoms in total. The largest absolute Gasteiger partial charge is 0.486 e. The average Bonchev–Trinajstić information content (AvgIpc) is 3.07. The second-order valence-electron chi connectivity index (χ2n) is 7.20. The zero-order chi connectivity index (χ0) is 24.1. The Morgan fingerprint density at radius 2 is 1.97 bits per heavy atom. The standard InChI is InChI=1S/C24H21FN2O6S/c1-2-31-23(29)13-22-27(14-21(28)26-17-5-3-4-16(25)12-17)24(30)20(34-22)11-15-6-7-18-19(10-15)33-9-8-32-18/h3-7,10-13H,2,8-9,14H2,1H3,(H,26,28)/b20-11-,22-13-. The second kappa shape index (κ2) is 10.3. The highest BCUT2D eigenvalue weighted by Crippen LogP contribution is 2.30. The number of nitrogens with zero attached hydrogens (tertiary/aromatic N) is 1. The molecule has 2 aromatic carbocycles. The SMILES string of the molecule is CCOC(=O)/C=c1\s/c(=C\c2ccc3c(c2)OCCO3)c(=O)n1CC(=O)Nc1cccc(F)c1. The molecular formula is C24H21FN2O6S. The molecule has 1 amide bonds. The predicted molar refractivity (Wildman–Crippen MR) is 125 cm³/mol. The van der Waals surface area contributed by atoms with E-state index in [1.807, 2.05) is 0 Å². The van der Waals surface area contributed by atoms with Crippen LogP contribution in [0, 0.1) is 5.82 Å². The summed E-state index contributed by atoms with van der Waals surface area (Å²) >= 11 is 1.05. The van der Waals surface area contributed by atoms with E-state index in [1.54, 1.807) is 31.2 Å². The van der Waals surface area contributed by atoms with E-state index < -0.39 is 23.3 Å². The van der Waals surface area contributed by atoms with E-state index in [0.29, 0.717) is 34.8 Å². The van der Waals surface area contributed by atoms with Crippen LogP contribution in [0.1, 0.15) is 12.5 Å². The number of benzene rings is 2. The number of aromatic nitrogens is 1. The number of nitrogens with one attached hydrogen (secondary N) is 1. The van der Waals surface area contributed by atoms with Gasteiger partial charge in [-0.3, -0.25) is 14.2 Å². The molecule has 1 aromatic heterocycles. The van der Waals surface area contributed by atoms with Crippen LogP contribution >= 0.6 is 11.3 Å². The minimum atomic E-state index is -0.631. The molecule has 1 aliphatic heterocycles. The fraction of sp³-hybridized carbons (Fsp3) is 0.208. The number of carbonyl (C=O) groups is 2. The van der Waals surface area contributed by atoms with Gasteiger partial charge in [0.05, 0.1) is 17.2 Å². The summed E-state index contributed by atoms with van der Waals surface area (Å²) in [7, 11) is 0. The van der Waals surface area contributed by atoms with Crippen LogP contribution in [0.4, 0.5) is 10.1 Å². The van der Waals surface area contributed by atoms with Crippen LogP contribution in [-0.2, 0) is 20.9 Å². The molecule has 176 valence electrons. The number of ether oxygens (including phenoxy) is 3. The van der Waals surface area contributed by atoms with Gasteiger partial charge in [-0.05, 0) is 48.9 Å². The Hall–Kier alpha value is -3.92. The predicted octanol–water partition coefficient (Wildman–Crippen LogP) is 1.63. The highest BCUT2D eigenvalue weighted by molar-refractivity contribution is 7.07. The van der Waals surface area contributed by atoms with Crippen LogP contribution in [0.5, 0.6) is 11.5 Å². The van der Waals surface area contributed by atoms with E-state index in [2.05, 4.69) is 5.32 Å². The maximum atomic E-state index is 13.4. The summed E-state index contributed by atoms with van der Waals surface area (Å²) in [6.07, 6.45) is 2.82. The molecule has 34 heavy (non-hydrogen) atoms. The van der Waals surface area contributed by atoms with E-state index in [0.717, 1.165) is 11.3 Å². The molecule has 0 bridgehead atoms. The molecule has 0 aliphatic carbocycles. The highest BCUT2D eigenvalue weighted by atomic mass is 32.1. The van der Waals surface area contributed by atoms with Gasteiger partial charge in [0.15, 0.2) is 11.5 Å². The van der Waals surface area contributed by atoms with E-state index in [-0.39, 0.29) is 23.5 Å². The average molecular weight is 485 g/mol. The Morgan fingerprint density at radius 1 is 1.18 bits per heavy atom. The molecule has 0 radical (unpaired) electrons. The zero-order valence-corrected chi connectivity index (χ0v) is 19.0. The molecule has 0 atom stereocenters. The number of amides is 1. The second-order valence-corrected chi connectivity index (χ2v) is 8.26. The third kappa shape index (κ3) is 5.52. The first kappa shape index (κ1) is 23.2. The van der Waals surface area contributed by atoms with Crippen molar-refractivity contribution in [3.05, 3.63) is 73.4 Å². The number of fused-ring (bicyclic) bond motifs is 1. The van der Waals surface area contributed by atoms with Crippen molar-refractivity contribution in [3.8, 4) is 11.5 Å². The molecule has 0 unspecified atom stereocenters. The van der Waals surface area contributed by atoms with Crippen LogP contribution in [0.25, 0.3) is 12.2 Å². The van der Waals surface area contributed by atoms with Crippen molar-refractivity contribution in [3.63, 3.8) is 0 Å². The molecular weight excluding hydrogens is 463 g/mol. The van der Waals surface area contributed by atoms with E-state index in [9.17, 15) is 18.8 Å². The Morgan fingerprint density at radius 3 is 2.74 bits per heavy atom. The summed E-state index contributed by atoms with van der Waals surface area (Å²) in [6.45, 7) is 2.37. The third-order valence-corrected chi connectivity index (χ3v) is 5.80. The van der Waals surface area contributed by atoms with E-state index >= 15 is 0 Å². The fourth-order valence-corrected chi connectivity index (χ4v) is 4.32. The molecule has 0 saturated heterocycles. The van der Waals surface area contributed by atoms with Gasteiger partial charge in [0, 0.05) is 5.69 Å². The Bertz CT molecular complexity index is 1410. The van der Waals surface area contributed by atoms with E-state index in [4.69, 9.17) is 14.2 Å². The highest BCUT2D eigenvalue weighted by Gasteiger charge is 2.14. The molecule has 4 rings (SSSR count). The number of carbonyl (C=O) groups excluding carboxylic acids is 2. The normalized spacial score (nSPS) is 13.6. The van der Waals surface area contributed by atoms with Crippen LogP contribution in [0.3, 0.4) is 0 Å². The summed E-state index contributed by atoms with van der Waals surface area (Å²) in [4.78, 5) is 37.8. The quantitative estimate of drug-likeness (QED) is 0.535. The van der Waals surface area contributed by atoms with Crippen molar-refractivity contribution in [2.24, 2.45) is 0 Å². The van der Waals surface area contributed by atoms with Crippen molar-refractivity contribution in [2.75, 3.05) is 25.1 Å². The Labute approximate surface area is 197 Å². The summed E-state index contributed by atoms with van der Waals surface area (Å²) in [5.41, 5.74) is 0.499. The van der Waals surface area contributed by atoms with Crippen LogP contribution in [-0.4, -0.2) is 36.3 Å². The lowest BCUT2D eigenvalue weighted by Crippen LogP contribution is -2.36. The monoisotopic (exact) mass is 484 g/mol. The van der Waals surface area contributed by atoms with Gasteiger partial charge in [-0.25, -0.2) is 9.18 Å². The van der Waals surface area contributed by atoms with Gasteiger partial charge in [0.25, 0.3) is 5.56 Å². The summed E-state index contributed by atoms with van der Waals surface area (Å²) in [6, 6.07) is 10.7. The third-order valence-electron chi connectivity index (χ3n) is 4.74. The maximum absolute atomic E-state index is 13.4. The lowest BCUT2D eigenvalue weighted by Gasteiger charge is -2.18. The summed E-state index contributed by atoms with van der Waals surface area (Å²) < 4.78 is 31.2. The number of hydrogen-bond donors (Lipinski definition) is 1. The lowest BCUT2D eigenvalue weighted by molar-refractivity contribution is -0.135. The number of rotatable bonds is 6. The molecule has 0 saturated carbocycles. The van der Waals surface area contributed by atoms with Gasteiger partial charge in [-0.2, -0.15) is 0 Å². The summed E-state index contributed by atoms with van der Waals surface area (Å²) in [5, 5.41) is 2.55.